The number of likely N-dealkylation sites (N-methyl/N-ethyl adjacent to an activating group) is 1. The lowest BCUT2D eigenvalue weighted by molar-refractivity contribution is 0.0703. The molecule has 0 aromatic carbocycles. The Morgan fingerprint density at radius 1 is 1.69 bits per heavy atom. The Morgan fingerprint density at radius 3 is 2.81 bits per heavy atom. The molecular formula is C10H13BrN2O3. The van der Waals surface area contributed by atoms with E-state index in [4.69, 9.17) is 5.11 Å². The van der Waals surface area contributed by atoms with Crippen LogP contribution in [0, 0.1) is 0 Å². The van der Waals surface area contributed by atoms with Crippen molar-refractivity contribution in [3.63, 3.8) is 0 Å². The third kappa shape index (κ3) is 3.18. The maximum atomic E-state index is 11.8. The third-order valence-electron chi connectivity index (χ3n) is 1.99. The minimum absolute atomic E-state index is 0.246. The zero-order valence-electron chi connectivity index (χ0n) is 9.03. The number of halogens is 1. The molecule has 1 heterocycles. The lowest BCUT2D eigenvalue weighted by Gasteiger charge is -2.18. The maximum absolute atomic E-state index is 11.8. The lowest BCUT2D eigenvalue weighted by Crippen LogP contribution is -2.33. The number of hydrogen-bond donors (Lipinski definition) is 2. The van der Waals surface area contributed by atoms with Gasteiger partial charge < -0.3 is 15.0 Å². The molecule has 0 unspecified atom stereocenters. The molecule has 0 saturated carbocycles. The molecule has 6 heteroatoms. The van der Waals surface area contributed by atoms with Crippen molar-refractivity contribution in [3.05, 3.63) is 32.7 Å². The normalized spacial score (nSPS) is 12.2. The molecule has 2 N–H and O–H groups in total. The first-order chi connectivity index (χ1) is 7.41. The Hall–Kier alpha value is -1.14. The van der Waals surface area contributed by atoms with Crippen LogP contribution in [0.15, 0.2) is 21.5 Å². The molecule has 88 valence electrons. The Morgan fingerprint density at radius 2 is 2.31 bits per heavy atom. The first kappa shape index (κ1) is 12.9. The highest BCUT2D eigenvalue weighted by molar-refractivity contribution is 9.10. The van der Waals surface area contributed by atoms with Gasteiger partial charge in [0, 0.05) is 19.8 Å². The number of aliphatic hydroxyl groups excluding tert-OH is 1. The van der Waals surface area contributed by atoms with Gasteiger partial charge in [0.1, 0.15) is 0 Å². The van der Waals surface area contributed by atoms with E-state index in [1.54, 1.807) is 14.0 Å². The zero-order valence-corrected chi connectivity index (χ0v) is 10.6. The molecule has 0 aliphatic rings. The highest BCUT2D eigenvalue weighted by Gasteiger charge is 2.14. The fraction of sp³-hybridized carbons (Fsp3) is 0.400. The van der Waals surface area contributed by atoms with Crippen LogP contribution in [0.25, 0.3) is 0 Å². The monoisotopic (exact) mass is 288 g/mol. The van der Waals surface area contributed by atoms with Crippen LogP contribution in [0.1, 0.15) is 17.3 Å². The number of carbonyl (C=O) groups excluding carboxylic acids is 1. The van der Waals surface area contributed by atoms with Crippen molar-refractivity contribution in [1.82, 2.24) is 9.88 Å². The minimum atomic E-state index is -0.583. The maximum Gasteiger partial charge on any atom is 0.262 e. The first-order valence-corrected chi connectivity index (χ1v) is 5.53. The van der Waals surface area contributed by atoms with Gasteiger partial charge in [-0.05, 0) is 28.9 Å². The predicted octanol–water partition coefficient (Wildman–Crippen LogP) is 0.590. The molecule has 5 nitrogen and oxygen atoms in total. The molecule has 0 bridgehead atoms. The quantitative estimate of drug-likeness (QED) is 0.855. The van der Waals surface area contributed by atoms with E-state index < -0.39 is 6.10 Å². The van der Waals surface area contributed by atoms with Gasteiger partial charge in [0.2, 0.25) is 0 Å². The number of aromatic amines is 1. The van der Waals surface area contributed by atoms with Crippen LogP contribution in [0.4, 0.5) is 0 Å². The van der Waals surface area contributed by atoms with Crippen LogP contribution < -0.4 is 5.56 Å². The summed E-state index contributed by atoms with van der Waals surface area (Å²) in [6, 6.07) is 1.46. The smallest absolute Gasteiger partial charge is 0.262 e. The topological polar surface area (TPSA) is 73.4 Å². The van der Waals surface area contributed by atoms with E-state index in [1.807, 2.05) is 0 Å². The van der Waals surface area contributed by atoms with E-state index in [9.17, 15) is 9.59 Å². The number of aromatic nitrogens is 1. The number of hydrogen-bond acceptors (Lipinski definition) is 3. The van der Waals surface area contributed by atoms with Gasteiger partial charge in [-0.3, -0.25) is 9.59 Å². The number of aliphatic hydroxyl groups is 1. The van der Waals surface area contributed by atoms with Gasteiger partial charge in [0.15, 0.2) is 0 Å². The molecule has 0 fully saturated rings. The van der Waals surface area contributed by atoms with Gasteiger partial charge in [0.25, 0.3) is 11.5 Å². The standard InChI is InChI=1S/C10H13BrN2O3/c1-6(14)5-13(2)10(16)7-3-8(11)9(15)12-4-7/h3-4,6,14H,5H2,1-2H3,(H,12,15)/t6-/m0/s1. The Kier molecular flexibility index (Phi) is 4.26. The Labute approximate surface area is 101 Å². The van der Waals surface area contributed by atoms with Crippen LogP contribution in [-0.2, 0) is 0 Å². The molecule has 0 aliphatic carbocycles. The van der Waals surface area contributed by atoms with Crippen LogP contribution in [-0.4, -0.2) is 40.6 Å². The largest absolute Gasteiger partial charge is 0.392 e. The van der Waals surface area contributed by atoms with Crippen molar-refractivity contribution in [1.29, 1.82) is 0 Å². The van der Waals surface area contributed by atoms with E-state index in [0.717, 1.165) is 0 Å². The van der Waals surface area contributed by atoms with Gasteiger partial charge in [-0.1, -0.05) is 0 Å². The first-order valence-electron chi connectivity index (χ1n) is 4.73. The van der Waals surface area contributed by atoms with Gasteiger partial charge in [-0.25, -0.2) is 0 Å². The molecule has 0 spiro atoms. The molecule has 16 heavy (non-hydrogen) atoms. The highest BCUT2D eigenvalue weighted by Crippen LogP contribution is 2.07. The van der Waals surface area contributed by atoms with E-state index in [-0.39, 0.29) is 18.0 Å². The van der Waals surface area contributed by atoms with Crippen molar-refractivity contribution in [3.8, 4) is 0 Å². The van der Waals surface area contributed by atoms with Crippen LogP contribution in [0.2, 0.25) is 0 Å². The van der Waals surface area contributed by atoms with Gasteiger partial charge in [-0.2, -0.15) is 0 Å². The lowest BCUT2D eigenvalue weighted by atomic mass is 10.2. The molecule has 1 aromatic rings. The van der Waals surface area contributed by atoms with Gasteiger partial charge in [0.05, 0.1) is 16.1 Å². The fourth-order valence-corrected chi connectivity index (χ4v) is 1.64. The highest BCUT2D eigenvalue weighted by atomic mass is 79.9. The Balaban J connectivity index is 2.88. The van der Waals surface area contributed by atoms with Crippen molar-refractivity contribution in [2.45, 2.75) is 13.0 Å². The van der Waals surface area contributed by atoms with Crippen LogP contribution >= 0.6 is 15.9 Å². The second kappa shape index (κ2) is 5.27. The molecular weight excluding hydrogens is 276 g/mol. The average Bonchev–Trinajstić information content (AvgIpc) is 2.20. The molecule has 1 rings (SSSR count). The number of nitrogens with one attached hydrogen (secondary N) is 1. The van der Waals surface area contributed by atoms with Crippen LogP contribution in [0.3, 0.4) is 0 Å². The van der Waals surface area contributed by atoms with Gasteiger partial charge in [-0.15, -0.1) is 0 Å². The summed E-state index contributed by atoms with van der Waals surface area (Å²) in [5.41, 5.74) is 0.0874. The van der Waals surface area contributed by atoms with Crippen molar-refractivity contribution in [2.75, 3.05) is 13.6 Å². The minimum Gasteiger partial charge on any atom is -0.392 e. The summed E-state index contributed by atoms with van der Waals surface area (Å²) in [6.45, 7) is 1.85. The summed E-state index contributed by atoms with van der Waals surface area (Å²) in [5, 5.41) is 9.16. The molecule has 1 atom stereocenters. The van der Waals surface area contributed by atoms with Crippen molar-refractivity contribution >= 4 is 21.8 Å². The summed E-state index contributed by atoms with van der Waals surface area (Å²) >= 11 is 3.05. The second-order valence-electron chi connectivity index (χ2n) is 3.60. The Bertz CT molecular complexity index is 442. The molecule has 1 amide bonds. The number of H-pyrrole nitrogens is 1. The third-order valence-corrected chi connectivity index (χ3v) is 2.58. The van der Waals surface area contributed by atoms with Crippen LogP contribution in [0.5, 0.6) is 0 Å². The predicted molar refractivity (Wildman–Crippen MR) is 63.4 cm³/mol. The summed E-state index contributed by atoms with van der Waals surface area (Å²) in [7, 11) is 1.59. The number of rotatable bonds is 3. The number of amides is 1. The van der Waals surface area contributed by atoms with Crippen molar-refractivity contribution in [2.24, 2.45) is 0 Å². The molecule has 0 saturated heterocycles. The molecule has 0 radical (unpaired) electrons. The van der Waals surface area contributed by atoms with E-state index in [0.29, 0.717) is 10.0 Å². The summed E-state index contributed by atoms with van der Waals surface area (Å²) in [6.07, 6.45) is 0.772. The zero-order chi connectivity index (χ0) is 12.3. The molecule has 1 aromatic heterocycles. The van der Waals surface area contributed by atoms with E-state index in [1.165, 1.54) is 17.2 Å². The van der Waals surface area contributed by atoms with Crippen molar-refractivity contribution < 1.29 is 9.90 Å². The number of nitrogens with zero attached hydrogens (tertiary/aromatic N) is 1. The number of carbonyl (C=O) groups is 1. The molecule has 0 aliphatic heterocycles. The van der Waals surface area contributed by atoms with E-state index >= 15 is 0 Å². The average molecular weight is 289 g/mol. The van der Waals surface area contributed by atoms with Gasteiger partial charge >= 0.3 is 0 Å². The SMILES string of the molecule is C[C@H](O)CN(C)C(=O)c1c[nH]c(=O)c(Br)c1. The fourth-order valence-electron chi connectivity index (χ4n) is 1.28. The van der Waals surface area contributed by atoms with E-state index in [2.05, 4.69) is 20.9 Å². The second-order valence-corrected chi connectivity index (χ2v) is 4.45. The summed E-state index contributed by atoms with van der Waals surface area (Å²) in [5.74, 6) is -0.252. The summed E-state index contributed by atoms with van der Waals surface area (Å²) < 4.78 is 0.309. The number of pyridine rings is 1. The summed E-state index contributed by atoms with van der Waals surface area (Å²) in [4.78, 5) is 26.7.